The Hall–Kier alpha value is -1.49. The second kappa shape index (κ2) is 5.91. The van der Waals surface area contributed by atoms with Crippen LogP contribution in [-0.4, -0.2) is 32.5 Å². The van der Waals surface area contributed by atoms with Gasteiger partial charge in [-0.15, -0.1) is 0 Å². The van der Waals surface area contributed by atoms with Crippen LogP contribution in [0.1, 0.15) is 13.3 Å². The summed E-state index contributed by atoms with van der Waals surface area (Å²) in [6.07, 6.45) is 4.35. The Morgan fingerprint density at radius 1 is 1.39 bits per heavy atom. The summed E-state index contributed by atoms with van der Waals surface area (Å²) in [6.45, 7) is 2.79. The average Bonchev–Trinajstić information content (AvgIpc) is 2.38. The van der Waals surface area contributed by atoms with Crippen molar-refractivity contribution >= 4 is 27.4 Å². The molecule has 1 aromatic heterocycles. The van der Waals surface area contributed by atoms with Crippen molar-refractivity contribution in [1.29, 1.82) is 0 Å². The van der Waals surface area contributed by atoms with E-state index in [0.717, 1.165) is 29.6 Å². The molecule has 96 valence electrons. The van der Waals surface area contributed by atoms with Crippen LogP contribution >= 0.6 is 0 Å². The van der Waals surface area contributed by atoms with Gasteiger partial charge >= 0.3 is 0 Å². The van der Waals surface area contributed by atoms with Crippen molar-refractivity contribution in [1.82, 2.24) is 10.2 Å². The first-order chi connectivity index (χ1) is 8.68. The molecule has 0 radical (unpaired) electrons. The number of hydrogen-bond donors (Lipinski definition) is 1. The van der Waals surface area contributed by atoms with Crippen LogP contribution in [0.5, 0.6) is 0 Å². The topological polar surface area (TPSA) is 54.9 Å². The zero-order valence-electron chi connectivity index (χ0n) is 10.6. The molecule has 0 aliphatic carbocycles. The van der Waals surface area contributed by atoms with Gasteiger partial charge in [0.15, 0.2) is 0 Å². The number of aromatic nitrogens is 2. The van der Waals surface area contributed by atoms with Gasteiger partial charge < -0.3 is 5.32 Å². The summed E-state index contributed by atoms with van der Waals surface area (Å²) in [5, 5.41) is 12.7. The van der Waals surface area contributed by atoms with E-state index in [2.05, 4.69) is 15.5 Å². The Labute approximate surface area is 109 Å². The second-order valence-corrected chi connectivity index (χ2v) is 6.10. The van der Waals surface area contributed by atoms with E-state index in [4.69, 9.17) is 0 Å². The molecular formula is C13H17N3OS. The predicted octanol–water partition coefficient (Wildman–Crippen LogP) is 2.20. The molecule has 4 nitrogen and oxygen atoms in total. The Bertz CT molecular complexity index is 553. The van der Waals surface area contributed by atoms with Crippen molar-refractivity contribution in [2.45, 2.75) is 18.6 Å². The maximum absolute atomic E-state index is 11.3. The smallest absolute Gasteiger partial charge is 0.0950 e. The Balaban J connectivity index is 2.06. The highest BCUT2D eigenvalue weighted by Crippen LogP contribution is 2.19. The summed E-state index contributed by atoms with van der Waals surface area (Å²) in [7, 11) is -0.763. The highest BCUT2D eigenvalue weighted by Gasteiger charge is 2.06. The molecule has 2 atom stereocenters. The number of nitrogens with zero attached hydrogens (tertiary/aromatic N) is 2. The largest absolute Gasteiger partial charge is 0.383 e. The highest BCUT2D eigenvalue weighted by atomic mass is 32.2. The van der Waals surface area contributed by atoms with Crippen molar-refractivity contribution < 1.29 is 4.21 Å². The van der Waals surface area contributed by atoms with Gasteiger partial charge in [-0.25, -0.2) is 0 Å². The predicted molar refractivity (Wildman–Crippen MR) is 76.2 cm³/mol. The molecule has 1 aromatic carbocycles. The van der Waals surface area contributed by atoms with Crippen molar-refractivity contribution in [2.75, 3.05) is 18.1 Å². The monoisotopic (exact) mass is 263 g/mol. The lowest BCUT2D eigenvalue weighted by molar-refractivity contribution is 0.672. The zero-order valence-corrected chi connectivity index (χ0v) is 11.4. The van der Waals surface area contributed by atoms with E-state index in [1.807, 2.05) is 31.2 Å². The quantitative estimate of drug-likeness (QED) is 0.898. The third-order valence-corrected chi connectivity index (χ3v) is 4.35. The molecule has 0 amide bonds. The fraction of sp³-hybridized carbons (Fsp3) is 0.385. The molecule has 0 saturated carbocycles. The third kappa shape index (κ3) is 3.04. The average molecular weight is 263 g/mol. The summed E-state index contributed by atoms with van der Waals surface area (Å²) >= 11 is 0. The molecule has 2 aromatic rings. The van der Waals surface area contributed by atoms with Gasteiger partial charge in [0, 0.05) is 34.2 Å². The molecule has 5 heteroatoms. The summed E-state index contributed by atoms with van der Waals surface area (Å²) in [6, 6.07) is 7.90. The molecule has 1 heterocycles. The van der Waals surface area contributed by atoms with Crippen molar-refractivity contribution in [3.63, 3.8) is 0 Å². The molecule has 18 heavy (non-hydrogen) atoms. The molecule has 1 N–H and O–H groups in total. The molecule has 2 rings (SSSR count). The van der Waals surface area contributed by atoms with Gasteiger partial charge in [-0.05, 0) is 12.5 Å². The second-order valence-electron chi connectivity index (χ2n) is 4.30. The molecular weight excluding hydrogens is 246 g/mol. The molecule has 2 unspecified atom stereocenters. The third-order valence-electron chi connectivity index (χ3n) is 2.98. The van der Waals surface area contributed by atoms with Gasteiger partial charge in [-0.3, -0.25) is 4.21 Å². The van der Waals surface area contributed by atoms with Crippen LogP contribution in [0, 0.1) is 0 Å². The van der Waals surface area contributed by atoms with Gasteiger partial charge in [-0.2, -0.15) is 10.2 Å². The van der Waals surface area contributed by atoms with Crippen molar-refractivity contribution in [3.05, 3.63) is 30.5 Å². The van der Waals surface area contributed by atoms with E-state index in [-0.39, 0.29) is 5.25 Å². The van der Waals surface area contributed by atoms with Gasteiger partial charge in [0.2, 0.25) is 0 Å². The number of hydrogen-bond acceptors (Lipinski definition) is 4. The fourth-order valence-electron chi connectivity index (χ4n) is 1.72. The van der Waals surface area contributed by atoms with Crippen LogP contribution in [-0.2, 0) is 10.8 Å². The normalized spacial score (nSPS) is 14.3. The number of fused-ring (bicyclic) bond motifs is 1. The van der Waals surface area contributed by atoms with Crippen LogP contribution in [0.4, 0.5) is 5.69 Å². The summed E-state index contributed by atoms with van der Waals surface area (Å²) in [4.78, 5) is 0. The van der Waals surface area contributed by atoms with Crippen LogP contribution in [0.25, 0.3) is 10.9 Å². The van der Waals surface area contributed by atoms with Gasteiger partial charge in [0.1, 0.15) is 0 Å². The van der Waals surface area contributed by atoms with E-state index < -0.39 is 10.8 Å². The Morgan fingerprint density at radius 2 is 2.17 bits per heavy atom. The highest BCUT2D eigenvalue weighted by molar-refractivity contribution is 7.84. The van der Waals surface area contributed by atoms with Crippen molar-refractivity contribution in [2.24, 2.45) is 0 Å². The summed E-state index contributed by atoms with van der Waals surface area (Å²) in [5.41, 5.74) is 1.87. The standard InChI is InChI=1S/C13H17N3OS/c1-10(18(2)17)7-8-14-13-9-15-16-12-6-4-3-5-11(12)13/h3-6,9-10H,7-8H2,1-2H3,(H,14,16). The van der Waals surface area contributed by atoms with Crippen LogP contribution in [0.2, 0.25) is 0 Å². The lowest BCUT2D eigenvalue weighted by Gasteiger charge is -2.11. The van der Waals surface area contributed by atoms with E-state index in [9.17, 15) is 4.21 Å². The minimum absolute atomic E-state index is 0.207. The lowest BCUT2D eigenvalue weighted by Crippen LogP contribution is -2.15. The van der Waals surface area contributed by atoms with Crippen LogP contribution in [0.3, 0.4) is 0 Å². The SMILES string of the molecule is CC(CCNc1cnnc2ccccc12)S(C)=O. The maximum atomic E-state index is 11.3. The first kappa shape index (κ1) is 13.0. The number of anilines is 1. The molecule has 0 spiro atoms. The number of nitrogens with one attached hydrogen (secondary N) is 1. The molecule has 0 fully saturated rings. The first-order valence-corrected chi connectivity index (χ1v) is 7.57. The molecule has 0 saturated heterocycles. The number of benzene rings is 1. The van der Waals surface area contributed by atoms with Gasteiger partial charge in [0.25, 0.3) is 0 Å². The molecule has 0 aliphatic rings. The fourth-order valence-corrected chi connectivity index (χ4v) is 2.17. The van der Waals surface area contributed by atoms with E-state index in [1.165, 1.54) is 0 Å². The van der Waals surface area contributed by atoms with Gasteiger partial charge in [-0.1, -0.05) is 25.1 Å². The zero-order chi connectivity index (χ0) is 13.0. The number of rotatable bonds is 5. The summed E-state index contributed by atoms with van der Waals surface area (Å²) < 4.78 is 11.3. The molecule has 0 aliphatic heterocycles. The summed E-state index contributed by atoms with van der Waals surface area (Å²) in [5.74, 6) is 0. The maximum Gasteiger partial charge on any atom is 0.0950 e. The first-order valence-electron chi connectivity index (χ1n) is 5.95. The minimum atomic E-state index is -0.763. The van der Waals surface area contributed by atoms with Gasteiger partial charge in [0.05, 0.1) is 17.4 Å². The minimum Gasteiger partial charge on any atom is -0.383 e. The van der Waals surface area contributed by atoms with E-state index in [1.54, 1.807) is 12.5 Å². The van der Waals surface area contributed by atoms with Crippen molar-refractivity contribution in [3.8, 4) is 0 Å². The Kier molecular flexibility index (Phi) is 4.25. The lowest BCUT2D eigenvalue weighted by atomic mass is 10.2. The van der Waals surface area contributed by atoms with E-state index >= 15 is 0 Å². The van der Waals surface area contributed by atoms with E-state index in [0.29, 0.717) is 0 Å². The molecule has 0 bridgehead atoms. The van der Waals surface area contributed by atoms with Crippen LogP contribution in [0.15, 0.2) is 30.5 Å². The van der Waals surface area contributed by atoms with Crippen LogP contribution < -0.4 is 5.32 Å². The Morgan fingerprint density at radius 3 is 2.94 bits per heavy atom.